The molecule has 8 nitrogen and oxygen atoms in total. The van der Waals surface area contributed by atoms with Gasteiger partial charge in [-0.1, -0.05) is 37.6 Å². The summed E-state index contributed by atoms with van der Waals surface area (Å²) in [6.07, 6.45) is 7.16. The molecule has 0 spiro atoms. The fourth-order valence-electron chi connectivity index (χ4n) is 7.51. The number of aromatic nitrogens is 1. The standard InChI is InChI=1S/C45H42F2N4O4S/c1-3-45(22-25-55-26-23-45)21-19-36-33(16-11-28(2)49-36)43(53)50-32-14-12-29(13-15-32)44(54)51-24-20-31(27-30-7-4-5-10-37(30)51)38-17-18-39(56-38)42(52)41(48)40-34(46)8-6-9-35(40)47/h4-18,27,48H,3,19-26H2,1-2H3,(H,50,53). The van der Waals surface area contributed by atoms with E-state index in [2.05, 4.69) is 12.2 Å². The number of anilines is 2. The molecule has 2 aliphatic rings. The Hall–Kier alpha value is -5.65. The zero-order valence-corrected chi connectivity index (χ0v) is 32.1. The van der Waals surface area contributed by atoms with Crippen LogP contribution in [0.25, 0.3) is 11.6 Å². The molecule has 286 valence electrons. The van der Waals surface area contributed by atoms with Crippen molar-refractivity contribution in [3.63, 3.8) is 0 Å². The lowest BCUT2D eigenvalue weighted by Crippen LogP contribution is -2.32. The zero-order chi connectivity index (χ0) is 39.4. The van der Waals surface area contributed by atoms with E-state index in [1.807, 2.05) is 49.4 Å². The van der Waals surface area contributed by atoms with Crippen molar-refractivity contribution < 1.29 is 27.9 Å². The van der Waals surface area contributed by atoms with Gasteiger partial charge in [0.2, 0.25) is 5.78 Å². The first-order valence-electron chi connectivity index (χ1n) is 18.8. The molecule has 0 radical (unpaired) electrons. The molecule has 56 heavy (non-hydrogen) atoms. The lowest BCUT2D eigenvalue weighted by Gasteiger charge is -2.36. The Balaban J connectivity index is 1.04. The number of aryl methyl sites for hydroxylation is 2. The van der Waals surface area contributed by atoms with Crippen LogP contribution in [-0.2, 0) is 11.2 Å². The maximum Gasteiger partial charge on any atom is 0.258 e. The first-order chi connectivity index (χ1) is 27.1. The summed E-state index contributed by atoms with van der Waals surface area (Å²) in [5.41, 5.74) is 4.38. The second-order valence-corrected chi connectivity index (χ2v) is 15.4. The second kappa shape index (κ2) is 16.6. The number of halogens is 2. The molecule has 0 atom stereocenters. The van der Waals surface area contributed by atoms with Crippen molar-refractivity contribution in [1.29, 1.82) is 5.41 Å². The topological polar surface area (TPSA) is 112 Å². The molecule has 4 heterocycles. The number of amides is 2. The van der Waals surface area contributed by atoms with E-state index in [0.717, 1.165) is 95.5 Å². The van der Waals surface area contributed by atoms with Crippen LogP contribution >= 0.6 is 11.3 Å². The van der Waals surface area contributed by atoms with Crippen LogP contribution in [0.5, 0.6) is 0 Å². The second-order valence-electron chi connectivity index (χ2n) is 14.3. The monoisotopic (exact) mass is 772 g/mol. The lowest BCUT2D eigenvalue weighted by molar-refractivity contribution is 0.00805. The third kappa shape index (κ3) is 8.15. The first-order valence-corrected chi connectivity index (χ1v) is 19.6. The highest BCUT2D eigenvalue weighted by molar-refractivity contribution is 7.16. The zero-order valence-electron chi connectivity index (χ0n) is 31.3. The van der Waals surface area contributed by atoms with E-state index in [1.165, 1.54) is 6.07 Å². The van der Waals surface area contributed by atoms with Gasteiger partial charge in [-0.05, 0) is 128 Å². The fraction of sp³-hybridized carbons (Fsp3) is 0.267. The van der Waals surface area contributed by atoms with Crippen molar-refractivity contribution in [3.8, 4) is 0 Å². The van der Waals surface area contributed by atoms with E-state index in [9.17, 15) is 23.2 Å². The van der Waals surface area contributed by atoms with Crippen molar-refractivity contribution in [2.24, 2.45) is 5.41 Å². The van der Waals surface area contributed by atoms with Gasteiger partial charge in [-0.25, -0.2) is 8.78 Å². The molecule has 0 aliphatic carbocycles. The Kier molecular flexibility index (Phi) is 11.5. The van der Waals surface area contributed by atoms with Gasteiger partial charge in [0, 0.05) is 41.6 Å². The summed E-state index contributed by atoms with van der Waals surface area (Å²) < 4.78 is 34.3. The average Bonchev–Trinajstić information content (AvgIpc) is 3.62. The molecule has 2 N–H and O–H groups in total. The Morgan fingerprint density at radius 2 is 1.66 bits per heavy atom. The number of hydrogen-bond donors (Lipinski definition) is 2. The van der Waals surface area contributed by atoms with E-state index in [-0.39, 0.29) is 22.1 Å². The van der Waals surface area contributed by atoms with Crippen LogP contribution in [-0.4, -0.2) is 48.1 Å². The maximum atomic E-state index is 14.3. The smallest absolute Gasteiger partial charge is 0.258 e. The van der Waals surface area contributed by atoms with Gasteiger partial charge >= 0.3 is 0 Å². The number of nitrogens with one attached hydrogen (secondary N) is 2. The largest absolute Gasteiger partial charge is 0.381 e. The van der Waals surface area contributed by atoms with E-state index < -0.39 is 28.7 Å². The Morgan fingerprint density at radius 1 is 0.929 bits per heavy atom. The number of para-hydroxylation sites is 1. The van der Waals surface area contributed by atoms with Gasteiger partial charge in [0.25, 0.3) is 11.8 Å². The SMILES string of the molecule is CCC1(CCc2nc(C)ccc2C(=O)Nc2ccc(C(=O)N3CCC(c4ccc(C(=O)C(=N)c5c(F)cccc5F)s4)=Cc4ccccc43)cc2)CCOCC1. The highest BCUT2D eigenvalue weighted by atomic mass is 32.1. The third-order valence-electron chi connectivity index (χ3n) is 10.9. The fourth-order valence-corrected chi connectivity index (χ4v) is 8.50. The predicted octanol–water partition coefficient (Wildman–Crippen LogP) is 9.96. The molecule has 5 aromatic rings. The Morgan fingerprint density at radius 3 is 2.39 bits per heavy atom. The van der Waals surface area contributed by atoms with Crippen LogP contribution in [0.4, 0.5) is 20.2 Å². The highest BCUT2D eigenvalue weighted by Crippen LogP contribution is 2.39. The van der Waals surface area contributed by atoms with Crippen molar-refractivity contribution in [3.05, 3.63) is 146 Å². The molecular weight excluding hydrogens is 731 g/mol. The molecule has 2 aromatic heterocycles. The van der Waals surface area contributed by atoms with Crippen molar-refractivity contribution in [2.45, 2.75) is 52.4 Å². The molecule has 2 aliphatic heterocycles. The average molecular weight is 773 g/mol. The summed E-state index contributed by atoms with van der Waals surface area (Å²) in [4.78, 5) is 48.2. The van der Waals surface area contributed by atoms with Gasteiger partial charge in [-0.15, -0.1) is 11.3 Å². The summed E-state index contributed by atoms with van der Waals surface area (Å²) in [7, 11) is 0. The number of hydrogen-bond acceptors (Lipinski definition) is 7. The number of ketones is 1. The quantitative estimate of drug-likeness (QED) is 0.103. The minimum Gasteiger partial charge on any atom is -0.381 e. The number of benzene rings is 3. The van der Waals surface area contributed by atoms with Crippen molar-refractivity contribution in [1.82, 2.24) is 4.98 Å². The van der Waals surface area contributed by atoms with Gasteiger partial charge in [-0.2, -0.15) is 0 Å². The number of thiophene rings is 1. The predicted molar refractivity (Wildman–Crippen MR) is 217 cm³/mol. The number of Topliss-reactive ketones (excluding diaryl/α,β-unsaturated/α-hetero) is 1. The van der Waals surface area contributed by atoms with Gasteiger partial charge in [0.05, 0.1) is 27.4 Å². The summed E-state index contributed by atoms with van der Waals surface area (Å²) in [5.74, 6) is -3.18. The van der Waals surface area contributed by atoms with E-state index in [0.29, 0.717) is 36.2 Å². The number of carbonyl (C=O) groups excluding carboxylic acids is 3. The molecule has 1 fully saturated rings. The van der Waals surface area contributed by atoms with Gasteiger partial charge in [0.15, 0.2) is 0 Å². The lowest BCUT2D eigenvalue weighted by atomic mass is 9.74. The van der Waals surface area contributed by atoms with Gasteiger partial charge < -0.3 is 15.0 Å². The number of nitrogens with zero attached hydrogens (tertiary/aromatic N) is 2. The highest BCUT2D eigenvalue weighted by Gasteiger charge is 2.31. The van der Waals surface area contributed by atoms with E-state index in [4.69, 9.17) is 15.1 Å². The van der Waals surface area contributed by atoms with Crippen molar-refractivity contribution in [2.75, 3.05) is 30.0 Å². The first kappa shape index (κ1) is 38.6. The van der Waals surface area contributed by atoms with Gasteiger partial charge in [-0.3, -0.25) is 24.8 Å². The maximum absolute atomic E-state index is 14.3. The third-order valence-corrected chi connectivity index (χ3v) is 12.1. The van der Waals surface area contributed by atoms with E-state index >= 15 is 0 Å². The van der Waals surface area contributed by atoms with Crippen LogP contribution in [0.1, 0.15) is 96.8 Å². The molecule has 0 saturated carbocycles. The van der Waals surface area contributed by atoms with Crippen LogP contribution in [0, 0.1) is 29.4 Å². The minimum absolute atomic E-state index is 0.181. The molecule has 11 heteroatoms. The normalized spacial score (nSPS) is 15.0. The molecule has 3 aromatic carbocycles. The molecule has 2 amide bonds. The van der Waals surface area contributed by atoms with Crippen molar-refractivity contribution >= 4 is 57.7 Å². The Labute approximate surface area is 328 Å². The molecular formula is C45H42F2N4O4S. The molecule has 1 saturated heterocycles. The minimum atomic E-state index is -0.970. The van der Waals surface area contributed by atoms with Crippen LogP contribution in [0.15, 0.2) is 91.0 Å². The number of rotatable bonds is 11. The molecule has 7 rings (SSSR count). The van der Waals surface area contributed by atoms with Crippen LogP contribution in [0.2, 0.25) is 0 Å². The Bertz CT molecular complexity index is 2330. The van der Waals surface area contributed by atoms with E-state index in [1.54, 1.807) is 41.3 Å². The molecule has 0 bridgehead atoms. The number of fused-ring (bicyclic) bond motifs is 1. The summed E-state index contributed by atoms with van der Waals surface area (Å²) in [6.45, 7) is 6.03. The van der Waals surface area contributed by atoms with Gasteiger partial charge in [0.1, 0.15) is 17.3 Å². The molecule has 0 unspecified atom stereocenters. The number of carbonyl (C=O) groups is 3. The van der Waals surface area contributed by atoms with Crippen LogP contribution in [0.3, 0.4) is 0 Å². The number of pyridine rings is 1. The van der Waals surface area contributed by atoms with Crippen LogP contribution < -0.4 is 10.2 Å². The summed E-state index contributed by atoms with van der Waals surface area (Å²) in [5, 5.41) is 11.2. The summed E-state index contributed by atoms with van der Waals surface area (Å²) >= 11 is 1.14. The summed E-state index contributed by atoms with van der Waals surface area (Å²) in [6, 6.07) is 24.6. The number of ether oxygens (including phenoxy) is 1.